The highest BCUT2D eigenvalue weighted by atomic mass is 35.5. The Morgan fingerprint density at radius 3 is 1.89 bits per heavy atom. The molecule has 0 saturated heterocycles. The topological polar surface area (TPSA) is 62.8 Å². The molecule has 3 aromatic rings. The van der Waals surface area contributed by atoms with Gasteiger partial charge in [0.15, 0.2) is 14.9 Å². The zero-order chi connectivity index (χ0) is 20.6. The molecule has 1 aromatic heterocycles. The second-order valence-electron chi connectivity index (χ2n) is 6.51. The van der Waals surface area contributed by atoms with Crippen molar-refractivity contribution < 1.29 is 17.2 Å². The summed E-state index contributed by atoms with van der Waals surface area (Å²) >= 11 is 11.8. The van der Waals surface area contributed by atoms with Gasteiger partial charge in [0.2, 0.25) is 0 Å². The number of nitrogens with zero attached hydrogens (tertiary/aromatic N) is 1. The molecular formula is C19H16Cl2F2N2O2S. The van der Waals surface area contributed by atoms with Gasteiger partial charge >= 0.3 is 0 Å². The normalized spacial score (nSPS) is 12.1. The van der Waals surface area contributed by atoms with Crippen molar-refractivity contribution in [2.24, 2.45) is 0 Å². The highest BCUT2D eigenvalue weighted by Crippen LogP contribution is 2.34. The number of hydrogen-bond donors (Lipinski definition) is 1. The van der Waals surface area contributed by atoms with E-state index in [2.05, 4.69) is 9.97 Å². The Morgan fingerprint density at radius 2 is 1.46 bits per heavy atom. The van der Waals surface area contributed by atoms with Crippen molar-refractivity contribution in [3.8, 4) is 0 Å². The van der Waals surface area contributed by atoms with Crippen molar-refractivity contribution in [2.45, 2.75) is 30.0 Å². The van der Waals surface area contributed by atoms with Gasteiger partial charge in [0, 0.05) is 0 Å². The second-order valence-corrected chi connectivity index (χ2v) is 9.79. The van der Waals surface area contributed by atoms with Gasteiger partial charge < -0.3 is 4.98 Å². The van der Waals surface area contributed by atoms with E-state index in [0.717, 1.165) is 0 Å². The SMILES string of the molecule is CC(C)S(=O)(=O)c1cnc(C(c2ccc(F)c(Cl)c2)c2ccc(F)c(Cl)c2)[nH]1. The van der Waals surface area contributed by atoms with Gasteiger partial charge in [0.25, 0.3) is 0 Å². The number of rotatable bonds is 5. The summed E-state index contributed by atoms with van der Waals surface area (Å²) in [5, 5.41) is -0.877. The van der Waals surface area contributed by atoms with Crippen LogP contribution in [0.3, 0.4) is 0 Å². The molecule has 0 atom stereocenters. The number of halogens is 4. The van der Waals surface area contributed by atoms with Gasteiger partial charge in [-0.1, -0.05) is 35.3 Å². The number of hydrogen-bond acceptors (Lipinski definition) is 3. The van der Waals surface area contributed by atoms with Gasteiger partial charge in [0.1, 0.15) is 17.5 Å². The van der Waals surface area contributed by atoms with E-state index in [1.54, 1.807) is 13.8 Å². The van der Waals surface area contributed by atoms with Gasteiger partial charge in [-0.05, 0) is 49.2 Å². The number of nitrogens with one attached hydrogen (secondary N) is 1. The Kier molecular flexibility index (Phi) is 5.79. The van der Waals surface area contributed by atoms with Gasteiger partial charge in [-0.3, -0.25) is 0 Å². The third-order valence-corrected chi connectivity index (χ3v) is 6.97. The van der Waals surface area contributed by atoms with Crippen molar-refractivity contribution in [3.63, 3.8) is 0 Å². The molecular weight excluding hydrogens is 429 g/mol. The number of H-pyrrole nitrogens is 1. The van der Waals surface area contributed by atoms with Gasteiger partial charge in [-0.25, -0.2) is 22.2 Å². The van der Waals surface area contributed by atoms with Crippen LogP contribution in [0.15, 0.2) is 47.6 Å². The Balaban J connectivity index is 2.18. The van der Waals surface area contributed by atoms with Crippen LogP contribution >= 0.6 is 23.2 Å². The lowest BCUT2D eigenvalue weighted by Gasteiger charge is -2.17. The van der Waals surface area contributed by atoms with Crippen LogP contribution in [-0.4, -0.2) is 23.6 Å². The van der Waals surface area contributed by atoms with Crippen molar-refractivity contribution in [1.82, 2.24) is 9.97 Å². The van der Waals surface area contributed by atoms with Gasteiger partial charge in [-0.2, -0.15) is 0 Å². The van der Waals surface area contributed by atoms with Gasteiger partial charge in [-0.15, -0.1) is 0 Å². The Morgan fingerprint density at radius 1 is 0.964 bits per heavy atom. The van der Waals surface area contributed by atoms with E-state index >= 15 is 0 Å². The lowest BCUT2D eigenvalue weighted by Crippen LogP contribution is -2.14. The Labute approximate surface area is 171 Å². The molecule has 2 aromatic carbocycles. The number of aromatic amines is 1. The lowest BCUT2D eigenvalue weighted by atomic mass is 9.90. The first-order chi connectivity index (χ1) is 13.1. The molecule has 0 aliphatic rings. The summed E-state index contributed by atoms with van der Waals surface area (Å²) in [6.45, 7) is 3.12. The van der Waals surface area contributed by atoms with Crippen molar-refractivity contribution in [3.05, 3.63) is 81.2 Å². The van der Waals surface area contributed by atoms with Crippen LogP contribution in [-0.2, 0) is 9.84 Å². The molecule has 0 aliphatic heterocycles. The smallest absolute Gasteiger partial charge is 0.197 e. The monoisotopic (exact) mass is 444 g/mol. The van der Waals surface area contributed by atoms with Gasteiger partial charge in [0.05, 0.1) is 27.4 Å². The molecule has 0 unspecified atom stereocenters. The van der Waals surface area contributed by atoms with E-state index < -0.39 is 32.6 Å². The minimum absolute atomic E-state index is 0.0380. The molecule has 0 bridgehead atoms. The van der Waals surface area contributed by atoms with Crippen LogP contribution < -0.4 is 0 Å². The minimum atomic E-state index is -3.57. The highest BCUT2D eigenvalue weighted by molar-refractivity contribution is 7.91. The fraction of sp³-hybridized carbons (Fsp3) is 0.211. The molecule has 3 rings (SSSR count). The molecule has 0 radical (unpaired) electrons. The molecule has 9 heteroatoms. The number of aromatic nitrogens is 2. The summed E-state index contributed by atoms with van der Waals surface area (Å²) < 4.78 is 52.1. The third-order valence-electron chi connectivity index (χ3n) is 4.33. The van der Waals surface area contributed by atoms with Crippen molar-refractivity contribution in [1.29, 1.82) is 0 Å². The molecule has 0 aliphatic carbocycles. The maximum absolute atomic E-state index is 13.6. The molecule has 148 valence electrons. The average Bonchev–Trinajstić information content (AvgIpc) is 3.11. The lowest BCUT2D eigenvalue weighted by molar-refractivity contribution is 0.584. The van der Waals surface area contributed by atoms with E-state index in [4.69, 9.17) is 23.2 Å². The first-order valence-corrected chi connectivity index (χ1v) is 10.6. The zero-order valence-electron chi connectivity index (χ0n) is 14.9. The van der Waals surface area contributed by atoms with E-state index in [1.807, 2.05) is 0 Å². The summed E-state index contributed by atoms with van der Waals surface area (Å²) in [7, 11) is -3.57. The number of imidazole rings is 1. The fourth-order valence-electron chi connectivity index (χ4n) is 2.76. The molecule has 1 N–H and O–H groups in total. The largest absolute Gasteiger partial charge is 0.332 e. The van der Waals surface area contributed by atoms with Crippen molar-refractivity contribution >= 4 is 33.0 Å². The molecule has 28 heavy (non-hydrogen) atoms. The molecule has 1 heterocycles. The molecule has 4 nitrogen and oxygen atoms in total. The summed E-state index contributed by atoms with van der Waals surface area (Å²) in [6, 6.07) is 8.23. The predicted octanol–water partition coefficient (Wildman–Crippen LogP) is 5.36. The second kappa shape index (κ2) is 7.81. The molecule has 0 fully saturated rings. The van der Waals surface area contributed by atoms with E-state index in [9.17, 15) is 17.2 Å². The molecule has 0 amide bonds. The first kappa shape index (κ1) is 20.8. The zero-order valence-corrected chi connectivity index (χ0v) is 17.2. The van der Waals surface area contributed by atoms with E-state index in [1.165, 1.54) is 42.6 Å². The summed E-state index contributed by atoms with van der Waals surface area (Å²) in [5.74, 6) is -1.57. The molecule has 0 spiro atoms. The highest BCUT2D eigenvalue weighted by Gasteiger charge is 2.26. The van der Waals surface area contributed by atoms with E-state index in [0.29, 0.717) is 11.1 Å². The number of benzene rings is 2. The third kappa shape index (κ3) is 3.92. The maximum Gasteiger partial charge on any atom is 0.197 e. The predicted molar refractivity (Wildman–Crippen MR) is 105 cm³/mol. The maximum atomic E-state index is 13.6. The van der Waals surface area contributed by atoms with Crippen LogP contribution in [0, 0.1) is 11.6 Å². The van der Waals surface area contributed by atoms with Crippen LogP contribution in [0.4, 0.5) is 8.78 Å². The Hall–Kier alpha value is -1.96. The summed E-state index contributed by atoms with van der Waals surface area (Å²) in [4.78, 5) is 7.04. The standard InChI is InChI=1S/C19H16Cl2F2N2O2S/c1-10(2)28(26,27)17-9-24-19(25-17)18(11-3-5-15(22)13(20)7-11)12-4-6-16(23)14(21)8-12/h3-10,18H,1-2H3,(H,24,25). The van der Waals surface area contributed by atoms with Crippen LogP contribution in [0.2, 0.25) is 10.0 Å². The summed E-state index contributed by atoms with van der Waals surface area (Å²) in [6.07, 6.45) is 1.23. The van der Waals surface area contributed by atoms with Crippen LogP contribution in [0.1, 0.15) is 36.7 Å². The van der Waals surface area contributed by atoms with Crippen LogP contribution in [0.25, 0.3) is 0 Å². The fourth-order valence-corrected chi connectivity index (χ4v) is 4.09. The quantitative estimate of drug-likeness (QED) is 0.576. The minimum Gasteiger partial charge on any atom is -0.332 e. The molecule has 0 saturated carbocycles. The summed E-state index contributed by atoms with van der Waals surface area (Å²) in [5.41, 5.74) is 1.08. The average molecular weight is 445 g/mol. The number of sulfone groups is 1. The first-order valence-electron chi connectivity index (χ1n) is 8.30. The van der Waals surface area contributed by atoms with Crippen molar-refractivity contribution in [2.75, 3.05) is 0 Å². The van der Waals surface area contributed by atoms with E-state index in [-0.39, 0.29) is 20.9 Å². The Bertz CT molecular complexity index is 1080. The van der Waals surface area contributed by atoms with Crippen LogP contribution in [0.5, 0.6) is 0 Å².